The maximum atomic E-state index is 5.94. The van der Waals surface area contributed by atoms with E-state index in [2.05, 4.69) is 11.9 Å². The maximum absolute atomic E-state index is 5.94. The molecule has 1 saturated heterocycles. The van der Waals surface area contributed by atoms with Crippen LogP contribution in [0.25, 0.3) is 0 Å². The summed E-state index contributed by atoms with van der Waals surface area (Å²) < 4.78 is 5.39. The van der Waals surface area contributed by atoms with Gasteiger partial charge in [0.15, 0.2) is 0 Å². The molecule has 2 N–H and O–H groups in total. The molecule has 0 aliphatic carbocycles. The first-order valence-electron chi connectivity index (χ1n) is 4.73. The first-order valence-corrected chi connectivity index (χ1v) is 4.73. The van der Waals surface area contributed by atoms with Gasteiger partial charge in [-0.25, -0.2) is 0 Å². The summed E-state index contributed by atoms with van der Waals surface area (Å²) in [6.45, 7) is 2.05. The summed E-state index contributed by atoms with van der Waals surface area (Å²) in [6.07, 6.45) is 2.77. The number of furan rings is 1. The molecule has 0 spiro atoms. The van der Waals surface area contributed by atoms with Gasteiger partial charge in [-0.2, -0.15) is 0 Å². The first-order chi connectivity index (χ1) is 6.25. The van der Waals surface area contributed by atoms with Crippen molar-refractivity contribution in [3.8, 4) is 0 Å². The third kappa shape index (κ3) is 1.92. The Morgan fingerprint density at radius 2 is 2.38 bits per heavy atom. The fourth-order valence-electron chi connectivity index (χ4n) is 2.10. The number of rotatable bonds is 1. The number of piperidine rings is 1. The van der Waals surface area contributed by atoms with Crippen LogP contribution < -0.4 is 5.73 Å². The fraction of sp³-hybridized carbons (Fsp3) is 0.600. The highest BCUT2D eigenvalue weighted by atomic mass is 16.3. The van der Waals surface area contributed by atoms with Crippen LogP contribution in [-0.4, -0.2) is 31.1 Å². The quantitative estimate of drug-likeness (QED) is 0.701. The van der Waals surface area contributed by atoms with Crippen molar-refractivity contribution in [2.24, 2.45) is 5.73 Å². The second-order valence-electron chi connectivity index (χ2n) is 3.93. The molecule has 1 aliphatic heterocycles. The number of nitrogens with zero attached hydrogens (tertiary/aromatic N) is 1. The monoisotopic (exact) mass is 180 g/mol. The minimum atomic E-state index is 0.286. The Balaban J connectivity index is 2.07. The van der Waals surface area contributed by atoms with Crippen molar-refractivity contribution in [3.63, 3.8) is 0 Å². The summed E-state index contributed by atoms with van der Waals surface area (Å²) >= 11 is 0. The molecular formula is C10H16N2O. The molecule has 2 rings (SSSR count). The zero-order valence-corrected chi connectivity index (χ0v) is 7.94. The van der Waals surface area contributed by atoms with Gasteiger partial charge in [-0.1, -0.05) is 0 Å². The molecule has 72 valence electrons. The van der Waals surface area contributed by atoms with Crippen molar-refractivity contribution in [2.75, 3.05) is 20.1 Å². The van der Waals surface area contributed by atoms with Gasteiger partial charge in [-0.3, -0.25) is 0 Å². The van der Waals surface area contributed by atoms with Crippen LogP contribution in [0.3, 0.4) is 0 Å². The Morgan fingerprint density at radius 3 is 3.00 bits per heavy atom. The molecule has 3 nitrogen and oxygen atoms in total. The molecule has 13 heavy (non-hydrogen) atoms. The molecule has 1 fully saturated rings. The summed E-state index contributed by atoms with van der Waals surface area (Å²) in [7, 11) is 2.11. The van der Waals surface area contributed by atoms with E-state index in [1.54, 1.807) is 6.26 Å². The Hall–Kier alpha value is -0.800. The van der Waals surface area contributed by atoms with E-state index >= 15 is 0 Å². The van der Waals surface area contributed by atoms with Crippen LogP contribution in [0.5, 0.6) is 0 Å². The number of likely N-dealkylation sites (tertiary alicyclic amines) is 1. The SMILES string of the molecule is CN1CC(N)CC(c2ccco2)C1. The molecule has 1 aromatic rings. The van der Waals surface area contributed by atoms with Crippen LogP contribution in [0.2, 0.25) is 0 Å². The lowest BCUT2D eigenvalue weighted by atomic mass is 9.93. The molecule has 0 amide bonds. The summed E-state index contributed by atoms with van der Waals surface area (Å²) in [5, 5.41) is 0. The van der Waals surface area contributed by atoms with Crippen LogP contribution in [0.1, 0.15) is 18.1 Å². The summed E-state index contributed by atoms with van der Waals surface area (Å²) in [5.41, 5.74) is 5.94. The van der Waals surface area contributed by atoms with Gasteiger partial charge in [0.25, 0.3) is 0 Å². The maximum Gasteiger partial charge on any atom is 0.108 e. The van der Waals surface area contributed by atoms with E-state index < -0.39 is 0 Å². The molecule has 0 aromatic carbocycles. The number of hydrogen-bond acceptors (Lipinski definition) is 3. The highest BCUT2D eigenvalue weighted by Crippen LogP contribution is 2.25. The minimum Gasteiger partial charge on any atom is -0.469 e. The van der Waals surface area contributed by atoms with E-state index in [4.69, 9.17) is 10.2 Å². The fourth-order valence-corrected chi connectivity index (χ4v) is 2.10. The van der Waals surface area contributed by atoms with Crippen molar-refractivity contribution >= 4 is 0 Å². The van der Waals surface area contributed by atoms with E-state index in [1.165, 1.54) is 0 Å². The van der Waals surface area contributed by atoms with Crippen LogP contribution in [0.4, 0.5) is 0 Å². The average molecular weight is 180 g/mol. The smallest absolute Gasteiger partial charge is 0.108 e. The molecule has 1 aromatic heterocycles. The standard InChI is InChI=1S/C10H16N2O/c1-12-6-8(5-9(11)7-12)10-3-2-4-13-10/h2-4,8-9H,5-7,11H2,1H3. The van der Waals surface area contributed by atoms with Crippen molar-refractivity contribution in [1.29, 1.82) is 0 Å². The lowest BCUT2D eigenvalue weighted by Crippen LogP contribution is -2.44. The first kappa shape index (κ1) is 8.78. The third-order valence-electron chi connectivity index (χ3n) is 2.61. The van der Waals surface area contributed by atoms with E-state index in [-0.39, 0.29) is 6.04 Å². The number of likely N-dealkylation sites (N-methyl/N-ethyl adjacent to an activating group) is 1. The number of hydrogen-bond donors (Lipinski definition) is 1. The van der Waals surface area contributed by atoms with E-state index in [1.807, 2.05) is 12.1 Å². The lowest BCUT2D eigenvalue weighted by molar-refractivity contribution is 0.212. The highest BCUT2D eigenvalue weighted by Gasteiger charge is 2.25. The lowest BCUT2D eigenvalue weighted by Gasteiger charge is -2.32. The molecule has 0 saturated carbocycles. The number of nitrogens with two attached hydrogens (primary N) is 1. The third-order valence-corrected chi connectivity index (χ3v) is 2.61. The van der Waals surface area contributed by atoms with Gasteiger partial charge in [0, 0.05) is 25.0 Å². The Bertz CT molecular complexity index is 248. The summed E-state index contributed by atoms with van der Waals surface area (Å²) in [5.74, 6) is 1.55. The molecule has 2 heterocycles. The molecule has 2 unspecified atom stereocenters. The molecule has 0 bridgehead atoms. The van der Waals surface area contributed by atoms with E-state index in [9.17, 15) is 0 Å². The second kappa shape index (κ2) is 3.52. The van der Waals surface area contributed by atoms with Gasteiger partial charge in [-0.05, 0) is 25.6 Å². The molecule has 2 atom stereocenters. The topological polar surface area (TPSA) is 42.4 Å². The largest absolute Gasteiger partial charge is 0.469 e. The Labute approximate surface area is 78.5 Å². The normalized spacial score (nSPS) is 30.6. The zero-order chi connectivity index (χ0) is 9.26. The van der Waals surface area contributed by atoms with Crippen molar-refractivity contribution < 1.29 is 4.42 Å². The predicted molar refractivity (Wildman–Crippen MR) is 51.5 cm³/mol. The van der Waals surface area contributed by atoms with Crippen molar-refractivity contribution in [3.05, 3.63) is 24.2 Å². The van der Waals surface area contributed by atoms with Crippen LogP contribution in [-0.2, 0) is 0 Å². The average Bonchev–Trinajstić information content (AvgIpc) is 2.53. The molecular weight excluding hydrogens is 164 g/mol. The van der Waals surface area contributed by atoms with Crippen LogP contribution in [0.15, 0.2) is 22.8 Å². The van der Waals surface area contributed by atoms with Gasteiger partial charge in [0.2, 0.25) is 0 Å². The van der Waals surface area contributed by atoms with Crippen molar-refractivity contribution in [1.82, 2.24) is 4.90 Å². The highest BCUT2D eigenvalue weighted by molar-refractivity contribution is 5.08. The van der Waals surface area contributed by atoms with Gasteiger partial charge in [-0.15, -0.1) is 0 Å². The van der Waals surface area contributed by atoms with Crippen LogP contribution in [0, 0.1) is 0 Å². The summed E-state index contributed by atoms with van der Waals surface area (Å²) in [4.78, 5) is 2.27. The van der Waals surface area contributed by atoms with Crippen LogP contribution >= 0.6 is 0 Å². The molecule has 1 aliphatic rings. The van der Waals surface area contributed by atoms with E-state index in [0.29, 0.717) is 5.92 Å². The van der Waals surface area contributed by atoms with E-state index in [0.717, 1.165) is 25.3 Å². The van der Waals surface area contributed by atoms with Gasteiger partial charge in [0.05, 0.1) is 6.26 Å². The minimum absolute atomic E-state index is 0.286. The Morgan fingerprint density at radius 1 is 1.54 bits per heavy atom. The zero-order valence-electron chi connectivity index (χ0n) is 7.94. The molecule has 3 heteroatoms. The van der Waals surface area contributed by atoms with Gasteiger partial charge >= 0.3 is 0 Å². The molecule has 0 radical (unpaired) electrons. The second-order valence-corrected chi connectivity index (χ2v) is 3.93. The summed E-state index contributed by atoms with van der Waals surface area (Å²) in [6, 6.07) is 4.26. The van der Waals surface area contributed by atoms with Gasteiger partial charge < -0.3 is 15.1 Å². The van der Waals surface area contributed by atoms with Crippen molar-refractivity contribution in [2.45, 2.75) is 18.4 Å². The predicted octanol–water partition coefficient (Wildman–Crippen LogP) is 1.03. The Kier molecular flexibility index (Phi) is 2.38. The van der Waals surface area contributed by atoms with Gasteiger partial charge in [0.1, 0.15) is 5.76 Å².